The van der Waals surface area contributed by atoms with Crippen molar-refractivity contribution in [2.24, 2.45) is 0 Å². The molecule has 1 unspecified atom stereocenters. The lowest BCUT2D eigenvalue weighted by Gasteiger charge is -2.35. The average molecular weight is 464 g/mol. The monoisotopic (exact) mass is 463 g/mol. The molecule has 0 bridgehead atoms. The Labute approximate surface area is 195 Å². The van der Waals surface area contributed by atoms with Crippen LogP contribution in [0, 0.1) is 0 Å². The third kappa shape index (κ3) is 7.10. The predicted molar refractivity (Wildman–Crippen MR) is 126 cm³/mol. The molecule has 2 fully saturated rings. The van der Waals surface area contributed by atoms with Gasteiger partial charge in [-0.25, -0.2) is 4.79 Å². The minimum atomic E-state index is -0.340. The van der Waals surface area contributed by atoms with Gasteiger partial charge in [0.2, 0.25) is 11.8 Å². The number of hydrogen-bond acceptors (Lipinski definition) is 4. The molecule has 1 atom stereocenters. The summed E-state index contributed by atoms with van der Waals surface area (Å²) < 4.78 is 0. The van der Waals surface area contributed by atoms with Crippen molar-refractivity contribution in [3.63, 3.8) is 0 Å². The van der Waals surface area contributed by atoms with Crippen LogP contribution in [0.4, 0.5) is 10.5 Å². The molecule has 4 amide bonds. The lowest BCUT2D eigenvalue weighted by atomic mass is 10.00. The summed E-state index contributed by atoms with van der Waals surface area (Å²) in [6, 6.07) is 7.12. The first kappa shape index (κ1) is 24.3. The number of rotatable bonds is 8. The molecule has 8 nitrogen and oxygen atoms in total. The summed E-state index contributed by atoms with van der Waals surface area (Å²) in [5.74, 6) is -0.375. The van der Waals surface area contributed by atoms with Crippen LogP contribution in [0.25, 0.3) is 0 Å². The van der Waals surface area contributed by atoms with Crippen LogP contribution in [-0.4, -0.2) is 84.4 Å². The number of urea groups is 1. The van der Waals surface area contributed by atoms with Crippen LogP contribution >= 0.6 is 11.6 Å². The first-order chi connectivity index (χ1) is 15.5. The van der Waals surface area contributed by atoms with Crippen molar-refractivity contribution in [1.29, 1.82) is 0 Å². The molecule has 3 rings (SSSR count). The molecular formula is C23H34ClN5O3. The highest BCUT2D eigenvalue weighted by Crippen LogP contribution is 2.19. The van der Waals surface area contributed by atoms with Crippen LogP contribution in [0.5, 0.6) is 0 Å². The second-order valence-electron chi connectivity index (χ2n) is 8.47. The number of piperidine rings is 1. The van der Waals surface area contributed by atoms with E-state index in [1.54, 1.807) is 24.3 Å². The first-order valence-electron chi connectivity index (χ1n) is 11.6. The minimum Gasteiger partial charge on any atom is -0.355 e. The highest BCUT2D eigenvalue weighted by Gasteiger charge is 2.28. The lowest BCUT2D eigenvalue weighted by molar-refractivity contribution is -0.139. The van der Waals surface area contributed by atoms with Crippen LogP contribution < -0.4 is 10.6 Å². The zero-order valence-corrected chi connectivity index (χ0v) is 19.6. The van der Waals surface area contributed by atoms with Crippen molar-refractivity contribution in [1.82, 2.24) is 20.0 Å². The van der Waals surface area contributed by atoms with Gasteiger partial charge < -0.3 is 25.3 Å². The van der Waals surface area contributed by atoms with E-state index in [0.29, 0.717) is 36.4 Å². The van der Waals surface area contributed by atoms with Gasteiger partial charge in [0.1, 0.15) is 6.54 Å². The largest absolute Gasteiger partial charge is 0.355 e. The molecule has 32 heavy (non-hydrogen) atoms. The Kier molecular flexibility index (Phi) is 9.17. The Hall–Kier alpha value is -2.32. The van der Waals surface area contributed by atoms with Gasteiger partial charge in [0.05, 0.1) is 6.54 Å². The van der Waals surface area contributed by atoms with E-state index in [-0.39, 0.29) is 30.9 Å². The smallest absolute Gasteiger partial charge is 0.322 e. The van der Waals surface area contributed by atoms with Crippen LogP contribution in [0.1, 0.15) is 39.0 Å². The van der Waals surface area contributed by atoms with Crippen LogP contribution in [0.2, 0.25) is 5.02 Å². The number of nitrogens with one attached hydrogen (secondary N) is 2. The van der Waals surface area contributed by atoms with Crippen molar-refractivity contribution in [2.45, 2.75) is 45.1 Å². The number of carbonyl (C=O) groups excluding carboxylic acids is 3. The molecule has 0 radical (unpaired) electrons. The summed E-state index contributed by atoms with van der Waals surface area (Å²) in [5, 5.41) is 6.27. The molecule has 2 aliphatic rings. The molecule has 2 N–H and O–H groups in total. The van der Waals surface area contributed by atoms with Gasteiger partial charge in [-0.2, -0.15) is 0 Å². The molecule has 1 aromatic rings. The highest BCUT2D eigenvalue weighted by molar-refractivity contribution is 6.30. The fraction of sp³-hybridized carbons (Fsp3) is 0.609. The number of likely N-dealkylation sites (tertiary alicyclic amines) is 1. The van der Waals surface area contributed by atoms with Crippen LogP contribution in [0.3, 0.4) is 0 Å². The Morgan fingerprint density at radius 1 is 1.12 bits per heavy atom. The summed E-state index contributed by atoms with van der Waals surface area (Å²) in [4.78, 5) is 42.6. The molecule has 0 saturated carbocycles. The van der Waals surface area contributed by atoms with Gasteiger partial charge in [-0.15, -0.1) is 0 Å². The Morgan fingerprint density at radius 3 is 2.62 bits per heavy atom. The molecule has 2 saturated heterocycles. The van der Waals surface area contributed by atoms with Gasteiger partial charge in [0, 0.05) is 42.9 Å². The quantitative estimate of drug-likeness (QED) is 0.580. The predicted octanol–water partition coefficient (Wildman–Crippen LogP) is 2.79. The number of piperazine rings is 1. The molecule has 0 spiro atoms. The number of nitrogens with zero attached hydrogens (tertiary/aromatic N) is 3. The maximum atomic E-state index is 12.4. The van der Waals surface area contributed by atoms with Crippen molar-refractivity contribution in [3.8, 4) is 0 Å². The van der Waals surface area contributed by atoms with E-state index in [9.17, 15) is 14.4 Å². The van der Waals surface area contributed by atoms with E-state index in [0.717, 1.165) is 19.5 Å². The number of hydrogen-bond donors (Lipinski definition) is 2. The number of halogens is 1. The third-order valence-corrected chi connectivity index (χ3v) is 6.45. The normalized spacial score (nSPS) is 19.7. The Bertz CT molecular complexity index is 788. The molecule has 0 aromatic heterocycles. The van der Waals surface area contributed by atoms with Crippen LogP contribution in [0.15, 0.2) is 24.3 Å². The summed E-state index contributed by atoms with van der Waals surface area (Å²) in [6.07, 6.45) is 5.94. The maximum Gasteiger partial charge on any atom is 0.322 e. The molecule has 2 heterocycles. The second kappa shape index (κ2) is 12.1. The molecule has 1 aromatic carbocycles. The fourth-order valence-electron chi connectivity index (χ4n) is 4.34. The van der Waals surface area contributed by atoms with Crippen molar-refractivity contribution < 1.29 is 14.4 Å². The van der Waals surface area contributed by atoms with Crippen molar-refractivity contribution >= 4 is 35.1 Å². The van der Waals surface area contributed by atoms with Crippen molar-refractivity contribution in [3.05, 3.63) is 29.3 Å². The number of amides is 4. The van der Waals surface area contributed by atoms with Crippen LogP contribution in [-0.2, 0) is 9.59 Å². The maximum absolute atomic E-state index is 12.4. The van der Waals surface area contributed by atoms with Gasteiger partial charge in [0.25, 0.3) is 0 Å². The van der Waals surface area contributed by atoms with E-state index in [1.165, 1.54) is 35.5 Å². The average Bonchev–Trinajstić information content (AvgIpc) is 2.79. The zero-order valence-electron chi connectivity index (χ0n) is 18.8. The lowest BCUT2D eigenvalue weighted by Crippen LogP contribution is -2.55. The van der Waals surface area contributed by atoms with Gasteiger partial charge in [-0.1, -0.05) is 24.9 Å². The van der Waals surface area contributed by atoms with Crippen molar-refractivity contribution in [2.75, 3.05) is 51.1 Å². The van der Waals surface area contributed by atoms with Gasteiger partial charge in [-0.3, -0.25) is 9.59 Å². The van der Waals surface area contributed by atoms with Gasteiger partial charge >= 0.3 is 6.03 Å². The minimum absolute atomic E-state index is 0.0345. The SMILES string of the molecule is CCC1CCCCN1CCCNC(=O)CN1CCN(C(=O)Nc2ccc(Cl)cc2)CC1=O. The number of benzene rings is 1. The zero-order chi connectivity index (χ0) is 22.9. The summed E-state index contributed by atoms with van der Waals surface area (Å²) >= 11 is 5.85. The number of anilines is 1. The van der Waals surface area contributed by atoms with E-state index in [2.05, 4.69) is 22.5 Å². The molecule has 176 valence electrons. The Balaban J connectivity index is 1.34. The number of carbonyl (C=O) groups is 3. The molecule has 9 heteroatoms. The molecule has 0 aliphatic carbocycles. The molecular weight excluding hydrogens is 430 g/mol. The summed E-state index contributed by atoms with van der Waals surface area (Å²) in [6.45, 7) is 5.72. The van der Waals surface area contributed by atoms with Gasteiger partial charge in [-0.05, 0) is 56.5 Å². The Morgan fingerprint density at radius 2 is 1.91 bits per heavy atom. The topological polar surface area (TPSA) is 85.0 Å². The van der Waals surface area contributed by atoms with E-state index >= 15 is 0 Å². The van der Waals surface area contributed by atoms with E-state index in [1.807, 2.05) is 0 Å². The summed E-state index contributed by atoms with van der Waals surface area (Å²) in [7, 11) is 0. The highest BCUT2D eigenvalue weighted by atomic mass is 35.5. The first-order valence-corrected chi connectivity index (χ1v) is 11.9. The fourth-order valence-corrected chi connectivity index (χ4v) is 4.47. The summed E-state index contributed by atoms with van der Waals surface area (Å²) in [5.41, 5.74) is 0.614. The third-order valence-electron chi connectivity index (χ3n) is 6.20. The van der Waals surface area contributed by atoms with Gasteiger partial charge in [0.15, 0.2) is 0 Å². The molecule has 2 aliphatic heterocycles. The standard InChI is InChI=1S/C23H34ClN5O3/c1-2-20-6-3-4-12-27(20)13-5-11-25-21(30)16-28-14-15-29(17-22(28)31)23(32)26-19-9-7-18(24)8-10-19/h7-10,20H,2-6,11-17H2,1H3,(H,25,30)(H,26,32). The second-order valence-corrected chi connectivity index (χ2v) is 8.91. The van der Waals surface area contributed by atoms with E-state index < -0.39 is 0 Å². The van der Waals surface area contributed by atoms with E-state index in [4.69, 9.17) is 11.6 Å².